The third-order valence-electron chi connectivity index (χ3n) is 6.12. The number of nitrogens with one attached hydrogen (secondary N) is 1. The molecule has 1 aliphatic heterocycles. The van der Waals surface area contributed by atoms with Gasteiger partial charge in [-0.3, -0.25) is 19.2 Å². The summed E-state index contributed by atoms with van der Waals surface area (Å²) >= 11 is 0. The van der Waals surface area contributed by atoms with Crippen LogP contribution < -0.4 is 11.3 Å². The number of rotatable bonds is 7. The number of benzene rings is 2. The lowest BCUT2D eigenvalue weighted by Gasteiger charge is -2.33. The lowest BCUT2D eigenvalue weighted by atomic mass is 10.0. The van der Waals surface area contributed by atoms with E-state index in [1.807, 2.05) is 60.7 Å². The summed E-state index contributed by atoms with van der Waals surface area (Å²) in [5.41, 5.74) is 7.70. The Bertz CT molecular complexity index is 1270. The molecule has 5 rings (SSSR count). The molecule has 1 fully saturated rings. The largest absolute Gasteiger partial charge is 0.394 e. The zero-order chi connectivity index (χ0) is 23.7. The van der Waals surface area contributed by atoms with E-state index in [-0.39, 0.29) is 23.7 Å². The number of aliphatic hydroxyl groups is 2. The third-order valence-corrected chi connectivity index (χ3v) is 6.12. The van der Waals surface area contributed by atoms with E-state index >= 15 is 0 Å². The highest BCUT2D eigenvalue weighted by molar-refractivity contribution is 5.70. The zero-order valence-corrected chi connectivity index (χ0v) is 18.4. The number of aromatic nitrogens is 4. The number of hydrogen-bond donors (Lipinski definition) is 4. The Morgan fingerprint density at radius 3 is 2.26 bits per heavy atom. The second kappa shape index (κ2) is 9.35. The van der Waals surface area contributed by atoms with Crippen LogP contribution in [0.3, 0.4) is 0 Å². The van der Waals surface area contributed by atoms with Crippen molar-refractivity contribution in [1.29, 1.82) is 0 Å². The second-order valence-corrected chi connectivity index (χ2v) is 8.38. The molecule has 3 heterocycles. The lowest BCUT2D eigenvalue weighted by molar-refractivity contribution is -0.0501. The summed E-state index contributed by atoms with van der Waals surface area (Å²) in [4.78, 5) is 25.0. The van der Waals surface area contributed by atoms with Crippen LogP contribution in [0, 0.1) is 0 Å². The lowest BCUT2D eigenvalue weighted by Crippen LogP contribution is -2.47. The van der Waals surface area contributed by atoms with Gasteiger partial charge in [0.05, 0.1) is 19.0 Å². The van der Waals surface area contributed by atoms with E-state index in [0.717, 1.165) is 11.1 Å². The molecule has 4 aromatic rings. The van der Waals surface area contributed by atoms with Gasteiger partial charge in [-0.25, -0.2) is 4.98 Å². The fourth-order valence-corrected chi connectivity index (χ4v) is 4.59. The number of nitrogens with two attached hydrogens (primary N) is 1. The summed E-state index contributed by atoms with van der Waals surface area (Å²) < 4.78 is 7.61. The molecule has 2 aromatic carbocycles. The molecule has 1 aliphatic rings. The predicted molar refractivity (Wildman–Crippen MR) is 125 cm³/mol. The molecular formula is C24H26N6O4. The Balaban J connectivity index is 1.51. The summed E-state index contributed by atoms with van der Waals surface area (Å²) in [5, 5.41) is 21.6. The number of imidazole rings is 1. The van der Waals surface area contributed by atoms with E-state index in [1.54, 1.807) is 0 Å². The number of nitrogen functional groups attached to an aromatic ring is 1. The van der Waals surface area contributed by atoms with Gasteiger partial charge in [-0.15, -0.1) is 0 Å². The van der Waals surface area contributed by atoms with Gasteiger partial charge in [0.2, 0.25) is 5.95 Å². The minimum atomic E-state index is -1.04. The van der Waals surface area contributed by atoms with Crippen molar-refractivity contribution in [2.24, 2.45) is 0 Å². The average molecular weight is 463 g/mol. The van der Waals surface area contributed by atoms with Crippen molar-refractivity contribution in [3.05, 3.63) is 88.5 Å². The zero-order valence-electron chi connectivity index (χ0n) is 18.4. The summed E-state index contributed by atoms with van der Waals surface area (Å²) in [6.07, 6.45) is -1.22. The first-order valence-electron chi connectivity index (χ1n) is 11.0. The quantitative estimate of drug-likeness (QED) is 0.319. The van der Waals surface area contributed by atoms with E-state index in [1.165, 1.54) is 10.9 Å². The number of aliphatic hydroxyl groups excluding tert-OH is 2. The van der Waals surface area contributed by atoms with Crippen molar-refractivity contribution in [1.82, 2.24) is 24.4 Å². The molecule has 176 valence electrons. The van der Waals surface area contributed by atoms with E-state index < -0.39 is 30.0 Å². The van der Waals surface area contributed by atoms with Gasteiger partial charge >= 0.3 is 0 Å². The summed E-state index contributed by atoms with van der Waals surface area (Å²) in [6.45, 7) is 0.792. The van der Waals surface area contributed by atoms with Crippen LogP contribution in [0.15, 0.2) is 71.8 Å². The van der Waals surface area contributed by atoms with Crippen LogP contribution in [0.1, 0.15) is 17.4 Å². The minimum absolute atomic E-state index is 0.0585. The first-order chi connectivity index (χ1) is 16.5. The van der Waals surface area contributed by atoms with Crippen LogP contribution in [0.2, 0.25) is 0 Å². The molecule has 0 bridgehead atoms. The van der Waals surface area contributed by atoms with Crippen LogP contribution >= 0.6 is 0 Å². The molecule has 0 radical (unpaired) electrons. The molecule has 5 N–H and O–H groups in total. The Hall–Kier alpha value is -3.57. The normalized spacial score (nSPS) is 22.6. The van der Waals surface area contributed by atoms with Crippen LogP contribution in [-0.2, 0) is 17.8 Å². The number of H-pyrrole nitrogens is 1. The monoisotopic (exact) mass is 462 g/mol. The van der Waals surface area contributed by atoms with Crippen molar-refractivity contribution in [2.45, 2.75) is 37.6 Å². The van der Waals surface area contributed by atoms with Crippen LogP contribution in [0.25, 0.3) is 11.2 Å². The minimum Gasteiger partial charge on any atom is -0.394 e. The maximum Gasteiger partial charge on any atom is 0.280 e. The Kier molecular flexibility index (Phi) is 6.12. The number of anilines is 1. The summed E-state index contributed by atoms with van der Waals surface area (Å²) in [5.74, 6) is -0.0585. The highest BCUT2D eigenvalue weighted by atomic mass is 16.5. The van der Waals surface area contributed by atoms with Gasteiger partial charge in [0.1, 0.15) is 12.2 Å². The van der Waals surface area contributed by atoms with Crippen molar-refractivity contribution in [3.8, 4) is 0 Å². The molecule has 2 aromatic heterocycles. The van der Waals surface area contributed by atoms with Crippen molar-refractivity contribution < 1.29 is 14.9 Å². The highest BCUT2D eigenvalue weighted by Gasteiger charge is 2.47. The number of fused-ring (bicyclic) bond motifs is 1. The molecule has 4 unspecified atom stereocenters. The van der Waals surface area contributed by atoms with Crippen LogP contribution in [0.4, 0.5) is 5.95 Å². The van der Waals surface area contributed by atoms with E-state index in [4.69, 9.17) is 10.5 Å². The molecule has 0 spiro atoms. The van der Waals surface area contributed by atoms with E-state index in [2.05, 4.69) is 19.9 Å². The molecule has 0 aliphatic carbocycles. The van der Waals surface area contributed by atoms with E-state index in [9.17, 15) is 15.0 Å². The third kappa shape index (κ3) is 4.19. The molecule has 10 heteroatoms. The van der Waals surface area contributed by atoms with Gasteiger partial charge in [0, 0.05) is 13.1 Å². The fraction of sp³-hybridized carbons (Fsp3) is 0.292. The number of aromatic amines is 1. The van der Waals surface area contributed by atoms with Gasteiger partial charge < -0.3 is 20.7 Å². The standard InChI is InChI=1S/C24H26N6O4/c25-24-27-21-18(22(33)28-24)26-14-30(21)23-20(32)19(17(13-31)34-23)29(11-15-7-3-1-4-8-15)12-16-9-5-2-6-10-16/h1-10,14,17,19-20,23,31-32H,11-13H2,(H3,25,27,28,33). The van der Waals surface area contributed by atoms with Gasteiger partial charge in [0.15, 0.2) is 17.4 Å². The predicted octanol–water partition coefficient (Wildman–Crippen LogP) is 1.02. The first kappa shape index (κ1) is 22.2. The number of nitrogens with zero attached hydrogens (tertiary/aromatic N) is 4. The molecule has 0 saturated carbocycles. The average Bonchev–Trinajstić information content (AvgIpc) is 3.40. The maximum absolute atomic E-state index is 12.2. The fourth-order valence-electron chi connectivity index (χ4n) is 4.59. The Labute approximate surface area is 195 Å². The molecular weight excluding hydrogens is 436 g/mol. The molecule has 4 atom stereocenters. The maximum atomic E-state index is 12.2. The smallest absolute Gasteiger partial charge is 0.280 e. The summed E-state index contributed by atoms with van der Waals surface area (Å²) in [6, 6.07) is 19.3. The van der Waals surface area contributed by atoms with Crippen molar-refractivity contribution in [3.63, 3.8) is 0 Å². The van der Waals surface area contributed by atoms with Crippen LogP contribution in [-0.4, -0.2) is 59.5 Å². The van der Waals surface area contributed by atoms with E-state index in [0.29, 0.717) is 13.1 Å². The molecule has 10 nitrogen and oxygen atoms in total. The van der Waals surface area contributed by atoms with Gasteiger partial charge in [-0.2, -0.15) is 4.98 Å². The first-order valence-corrected chi connectivity index (χ1v) is 11.0. The van der Waals surface area contributed by atoms with Crippen LogP contribution in [0.5, 0.6) is 0 Å². The van der Waals surface area contributed by atoms with Crippen molar-refractivity contribution in [2.75, 3.05) is 12.3 Å². The van der Waals surface area contributed by atoms with Gasteiger partial charge in [0.25, 0.3) is 5.56 Å². The SMILES string of the molecule is Nc1nc2c(ncn2C2OC(CO)C(N(Cc3ccccc3)Cc3ccccc3)C2O)c(=O)[nH]1. The highest BCUT2D eigenvalue weighted by Crippen LogP contribution is 2.35. The Morgan fingerprint density at radius 1 is 1.06 bits per heavy atom. The number of ether oxygens (including phenoxy) is 1. The molecule has 1 saturated heterocycles. The van der Waals surface area contributed by atoms with Gasteiger partial charge in [-0.1, -0.05) is 60.7 Å². The second-order valence-electron chi connectivity index (χ2n) is 8.38. The molecule has 0 amide bonds. The number of hydrogen-bond acceptors (Lipinski definition) is 8. The van der Waals surface area contributed by atoms with Crippen molar-refractivity contribution >= 4 is 17.1 Å². The van der Waals surface area contributed by atoms with Gasteiger partial charge in [-0.05, 0) is 11.1 Å². The Morgan fingerprint density at radius 2 is 1.68 bits per heavy atom. The molecule has 34 heavy (non-hydrogen) atoms. The topological polar surface area (TPSA) is 143 Å². The summed E-state index contributed by atoms with van der Waals surface area (Å²) in [7, 11) is 0.